The highest BCUT2D eigenvalue weighted by Gasteiger charge is 2.16. The quantitative estimate of drug-likeness (QED) is 0.694. The van der Waals surface area contributed by atoms with E-state index in [4.69, 9.17) is 5.11 Å². The summed E-state index contributed by atoms with van der Waals surface area (Å²) in [6, 6.07) is 8.71. The second kappa shape index (κ2) is 7.53. The van der Waals surface area contributed by atoms with Gasteiger partial charge in [0.2, 0.25) is 5.91 Å². The number of carboxylic acid groups (broad SMARTS) is 1. The first-order valence-electron chi connectivity index (χ1n) is 6.20. The van der Waals surface area contributed by atoms with E-state index < -0.39 is 12.0 Å². The lowest BCUT2D eigenvalue weighted by molar-refractivity contribution is -0.138. The molecule has 5 heteroatoms. The lowest BCUT2D eigenvalue weighted by Gasteiger charge is -2.18. The van der Waals surface area contributed by atoms with Crippen LogP contribution in [0.1, 0.15) is 31.4 Å². The van der Waals surface area contributed by atoms with Crippen molar-refractivity contribution < 1.29 is 19.8 Å². The maximum Gasteiger partial charge on any atom is 0.303 e. The van der Waals surface area contributed by atoms with Gasteiger partial charge in [-0.25, -0.2) is 0 Å². The number of rotatable bonds is 7. The molecule has 1 aromatic carbocycles. The van der Waals surface area contributed by atoms with Gasteiger partial charge >= 0.3 is 5.97 Å². The van der Waals surface area contributed by atoms with E-state index in [0.717, 1.165) is 5.56 Å². The topological polar surface area (TPSA) is 86.6 Å². The molecule has 0 aliphatic heterocycles. The van der Waals surface area contributed by atoms with Crippen molar-refractivity contribution >= 4 is 11.9 Å². The molecule has 19 heavy (non-hydrogen) atoms. The molecule has 5 nitrogen and oxygen atoms in total. The number of benzene rings is 1. The molecule has 1 amide bonds. The van der Waals surface area contributed by atoms with Gasteiger partial charge in [0, 0.05) is 12.8 Å². The Hall–Kier alpha value is -1.88. The van der Waals surface area contributed by atoms with E-state index in [-0.39, 0.29) is 31.3 Å². The summed E-state index contributed by atoms with van der Waals surface area (Å²) in [6.07, 6.45) is 0.0954. The Labute approximate surface area is 112 Å². The third kappa shape index (κ3) is 5.52. The fraction of sp³-hybridized carbons (Fsp3) is 0.429. The van der Waals surface area contributed by atoms with Crippen LogP contribution in [0.3, 0.4) is 0 Å². The predicted octanol–water partition coefficient (Wildman–Crippen LogP) is 1.34. The zero-order chi connectivity index (χ0) is 14.3. The first kappa shape index (κ1) is 15.2. The fourth-order valence-corrected chi connectivity index (χ4v) is 1.86. The molecule has 0 aliphatic carbocycles. The number of hydrogen-bond acceptors (Lipinski definition) is 3. The highest BCUT2D eigenvalue weighted by Crippen LogP contribution is 2.13. The van der Waals surface area contributed by atoms with Crippen molar-refractivity contribution in [2.45, 2.75) is 25.8 Å². The molecule has 0 heterocycles. The Kier molecular flexibility index (Phi) is 6.02. The largest absolute Gasteiger partial charge is 0.481 e. The van der Waals surface area contributed by atoms with Gasteiger partial charge in [0.15, 0.2) is 0 Å². The van der Waals surface area contributed by atoms with Crippen molar-refractivity contribution in [3.8, 4) is 0 Å². The molecule has 0 aromatic heterocycles. The van der Waals surface area contributed by atoms with Crippen LogP contribution in [0.25, 0.3) is 0 Å². The van der Waals surface area contributed by atoms with Gasteiger partial charge in [0.25, 0.3) is 0 Å². The van der Waals surface area contributed by atoms with E-state index in [0.29, 0.717) is 0 Å². The van der Waals surface area contributed by atoms with Gasteiger partial charge in [0.1, 0.15) is 0 Å². The van der Waals surface area contributed by atoms with Crippen LogP contribution in [0.4, 0.5) is 0 Å². The third-order valence-electron chi connectivity index (χ3n) is 2.78. The lowest BCUT2D eigenvalue weighted by atomic mass is 10.0. The van der Waals surface area contributed by atoms with E-state index >= 15 is 0 Å². The molecule has 0 saturated carbocycles. The number of aliphatic hydroxyl groups excluding tert-OH is 1. The predicted molar refractivity (Wildman–Crippen MR) is 70.4 cm³/mol. The van der Waals surface area contributed by atoms with Crippen LogP contribution in [0.5, 0.6) is 0 Å². The molecule has 2 atom stereocenters. The first-order valence-corrected chi connectivity index (χ1v) is 6.20. The smallest absolute Gasteiger partial charge is 0.303 e. The van der Waals surface area contributed by atoms with Gasteiger partial charge in [-0.15, -0.1) is 0 Å². The molecule has 0 spiro atoms. The van der Waals surface area contributed by atoms with Crippen LogP contribution in [0.2, 0.25) is 0 Å². The Morgan fingerprint density at radius 1 is 1.21 bits per heavy atom. The Bertz CT molecular complexity index is 419. The van der Waals surface area contributed by atoms with E-state index in [1.165, 1.54) is 0 Å². The van der Waals surface area contributed by atoms with Gasteiger partial charge in [-0.1, -0.05) is 37.3 Å². The second-order valence-corrected chi connectivity index (χ2v) is 4.62. The summed E-state index contributed by atoms with van der Waals surface area (Å²) >= 11 is 0. The van der Waals surface area contributed by atoms with Gasteiger partial charge in [-0.3, -0.25) is 9.59 Å². The molecule has 0 aliphatic rings. The Morgan fingerprint density at radius 3 is 2.37 bits per heavy atom. The van der Waals surface area contributed by atoms with Gasteiger partial charge in [-0.05, 0) is 11.5 Å². The minimum atomic E-state index is -0.915. The number of aliphatic carboxylic acids is 1. The van der Waals surface area contributed by atoms with Crippen molar-refractivity contribution in [2.75, 3.05) is 6.61 Å². The van der Waals surface area contributed by atoms with Gasteiger partial charge in [-0.2, -0.15) is 0 Å². The van der Waals surface area contributed by atoms with E-state index in [1.54, 1.807) is 6.92 Å². The van der Waals surface area contributed by atoms with E-state index in [9.17, 15) is 14.7 Å². The number of aliphatic hydroxyl groups is 1. The third-order valence-corrected chi connectivity index (χ3v) is 2.78. The highest BCUT2D eigenvalue weighted by atomic mass is 16.4. The molecule has 1 unspecified atom stereocenters. The van der Waals surface area contributed by atoms with Crippen LogP contribution in [-0.4, -0.2) is 28.7 Å². The molecule has 1 aromatic rings. The molecule has 0 radical (unpaired) electrons. The van der Waals surface area contributed by atoms with Crippen molar-refractivity contribution in [2.24, 2.45) is 5.92 Å². The van der Waals surface area contributed by atoms with Gasteiger partial charge in [0.05, 0.1) is 12.6 Å². The average Bonchev–Trinajstić information content (AvgIpc) is 2.35. The van der Waals surface area contributed by atoms with Crippen LogP contribution in [0, 0.1) is 5.92 Å². The lowest BCUT2D eigenvalue weighted by Crippen LogP contribution is -2.32. The SMILES string of the molecule is CC(CC(=O)O)CC(=O)N[C@@H](CO)c1ccccc1. The minimum absolute atomic E-state index is 0.0391. The van der Waals surface area contributed by atoms with Crippen molar-refractivity contribution in [3.05, 3.63) is 35.9 Å². The van der Waals surface area contributed by atoms with E-state index in [1.807, 2.05) is 30.3 Å². The molecule has 0 fully saturated rings. The summed E-state index contributed by atoms with van der Waals surface area (Å²) in [6.45, 7) is 1.52. The highest BCUT2D eigenvalue weighted by molar-refractivity contribution is 5.77. The fourth-order valence-electron chi connectivity index (χ4n) is 1.86. The average molecular weight is 265 g/mol. The molecule has 104 valence electrons. The molecular formula is C14H19NO4. The summed E-state index contributed by atoms with van der Waals surface area (Å²) in [7, 11) is 0. The monoisotopic (exact) mass is 265 g/mol. The van der Waals surface area contributed by atoms with Crippen molar-refractivity contribution in [1.82, 2.24) is 5.32 Å². The summed E-state index contributed by atoms with van der Waals surface area (Å²) in [5.74, 6) is -1.40. The number of hydrogen-bond donors (Lipinski definition) is 3. The maximum absolute atomic E-state index is 11.8. The maximum atomic E-state index is 11.8. The summed E-state index contributed by atoms with van der Waals surface area (Å²) in [4.78, 5) is 22.3. The van der Waals surface area contributed by atoms with Crippen molar-refractivity contribution in [1.29, 1.82) is 0 Å². The van der Waals surface area contributed by atoms with Crippen molar-refractivity contribution in [3.63, 3.8) is 0 Å². The molecular weight excluding hydrogens is 246 g/mol. The number of carbonyl (C=O) groups is 2. The number of amides is 1. The molecule has 0 saturated heterocycles. The van der Waals surface area contributed by atoms with Crippen LogP contribution in [0.15, 0.2) is 30.3 Å². The minimum Gasteiger partial charge on any atom is -0.481 e. The molecule has 3 N–H and O–H groups in total. The Morgan fingerprint density at radius 2 is 1.84 bits per heavy atom. The van der Waals surface area contributed by atoms with Crippen LogP contribution in [-0.2, 0) is 9.59 Å². The normalized spacial score (nSPS) is 13.6. The van der Waals surface area contributed by atoms with E-state index in [2.05, 4.69) is 5.32 Å². The zero-order valence-corrected chi connectivity index (χ0v) is 10.9. The number of carbonyl (C=O) groups excluding carboxylic acids is 1. The summed E-state index contributed by atoms with van der Waals surface area (Å²) < 4.78 is 0. The molecule has 1 rings (SSSR count). The van der Waals surface area contributed by atoms with Crippen LogP contribution >= 0.6 is 0 Å². The summed E-state index contributed by atoms with van der Waals surface area (Å²) in [5, 5.41) is 20.6. The standard InChI is InChI=1S/C14H19NO4/c1-10(8-14(18)19)7-13(17)15-12(9-16)11-5-3-2-4-6-11/h2-6,10,12,16H,7-9H2,1H3,(H,15,17)(H,18,19)/t10?,12-/m0/s1. The second-order valence-electron chi connectivity index (χ2n) is 4.62. The van der Waals surface area contributed by atoms with Crippen LogP contribution < -0.4 is 5.32 Å². The zero-order valence-electron chi connectivity index (χ0n) is 10.9. The summed E-state index contributed by atoms with van der Waals surface area (Å²) in [5.41, 5.74) is 0.823. The number of nitrogens with one attached hydrogen (secondary N) is 1. The molecule has 0 bridgehead atoms. The number of carboxylic acids is 1. The first-order chi connectivity index (χ1) is 9.02. The Balaban J connectivity index is 2.52. The van der Waals surface area contributed by atoms with Gasteiger partial charge < -0.3 is 15.5 Å².